The summed E-state index contributed by atoms with van der Waals surface area (Å²) >= 11 is 0. The third-order valence-corrected chi connectivity index (χ3v) is 2.99. The van der Waals surface area contributed by atoms with Crippen molar-refractivity contribution in [1.29, 1.82) is 0 Å². The normalized spacial score (nSPS) is 14.3. The van der Waals surface area contributed by atoms with Gasteiger partial charge in [-0.1, -0.05) is 29.8 Å². The van der Waals surface area contributed by atoms with E-state index >= 15 is 0 Å². The molecule has 1 rings (SSSR count). The van der Waals surface area contributed by atoms with Crippen LogP contribution in [0.2, 0.25) is 0 Å². The van der Waals surface area contributed by atoms with E-state index < -0.39 is 36.2 Å². The molecule has 0 heterocycles. The Morgan fingerprint density at radius 3 is 1.89 bits per heavy atom. The highest BCUT2D eigenvalue weighted by atomic mass is 19.3. The highest BCUT2D eigenvalue weighted by Gasteiger charge is 2.66. The van der Waals surface area contributed by atoms with E-state index in [-0.39, 0.29) is 18.7 Å². The standard InChI is InChI=1S/C15H12F8O5/c1-8-3-5-9(6-4-8)10(24)7-11(25)12(16,17)27-15(22,23)28-14(20,21)13(18,19)26-2/h3-7,24H,1-2H3. The fourth-order valence-corrected chi connectivity index (χ4v) is 1.56. The third kappa shape index (κ3) is 5.87. The molecule has 158 valence electrons. The molecular formula is C15H12F8O5. The lowest BCUT2D eigenvalue weighted by Gasteiger charge is -2.28. The second-order valence-corrected chi connectivity index (χ2v) is 5.18. The molecule has 1 aromatic carbocycles. The van der Waals surface area contributed by atoms with Crippen molar-refractivity contribution in [3.63, 3.8) is 0 Å². The molecule has 0 aliphatic heterocycles. The zero-order chi connectivity index (χ0) is 22.0. The Bertz CT molecular complexity index is 730. The summed E-state index contributed by atoms with van der Waals surface area (Å²) in [5.74, 6) is -3.69. The minimum absolute atomic E-state index is 0.00699. The van der Waals surface area contributed by atoms with Gasteiger partial charge in [-0.15, -0.1) is 8.78 Å². The van der Waals surface area contributed by atoms with Crippen LogP contribution in [0.1, 0.15) is 11.1 Å². The Kier molecular flexibility index (Phi) is 6.80. The molecular weight excluding hydrogens is 412 g/mol. The van der Waals surface area contributed by atoms with Gasteiger partial charge < -0.3 is 9.84 Å². The zero-order valence-electron chi connectivity index (χ0n) is 14.0. The molecule has 0 unspecified atom stereocenters. The van der Waals surface area contributed by atoms with E-state index in [2.05, 4.69) is 14.2 Å². The monoisotopic (exact) mass is 424 g/mol. The maximum Gasteiger partial charge on any atom is 0.495 e. The number of aliphatic hydroxyl groups excluding tert-OH is 1. The fourth-order valence-electron chi connectivity index (χ4n) is 1.56. The number of aliphatic hydroxyl groups is 1. The van der Waals surface area contributed by atoms with Gasteiger partial charge in [0.2, 0.25) is 0 Å². The lowest BCUT2D eigenvalue weighted by atomic mass is 10.1. The number of aryl methyl sites for hydroxylation is 1. The molecule has 0 aliphatic carbocycles. The van der Waals surface area contributed by atoms with Gasteiger partial charge in [0.1, 0.15) is 5.76 Å². The van der Waals surface area contributed by atoms with Crippen molar-refractivity contribution in [3.8, 4) is 0 Å². The van der Waals surface area contributed by atoms with E-state index in [1.807, 2.05) is 0 Å². The first kappa shape index (κ1) is 23.8. The molecule has 0 aliphatic rings. The van der Waals surface area contributed by atoms with Crippen LogP contribution in [0.25, 0.3) is 5.76 Å². The average Bonchev–Trinajstić information content (AvgIpc) is 2.52. The molecule has 28 heavy (non-hydrogen) atoms. The highest BCUT2D eigenvalue weighted by Crippen LogP contribution is 2.41. The Morgan fingerprint density at radius 1 is 0.929 bits per heavy atom. The Hall–Kier alpha value is -2.25. The highest BCUT2D eigenvalue weighted by molar-refractivity contribution is 5.99. The van der Waals surface area contributed by atoms with Gasteiger partial charge in [-0.3, -0.25) is 4.79 Å². The SMILES string of the molecule is COC(F)(F)C(F)(F)OC(F)(F)OC(F)(F)C(=O)C=C(O)c1ccc(C)cc1. The van der Waals surface area contributed by atoms with Crippen LogP contribution in [0.3, 0.4) is 0 Å². The van der Waals surface area contributed by atoms with Crippen LogP contribution in [0.4, 0.5) is 35.1 Å². The number of hydrogen-bond acceptors (Lipinski definition) is 5. The van der Waals surface area contributed by atoms with Gasteiger partial charge in [-0.2, -0.15) is 26.3 Å². The van der Waals surface area contributed by atoms with Crippen LogP contribution in [0.5, 0.6) is 0 Å². The van der Waals surface area contributed by atoms with E-state index in [1.165, 1.54) is 24.3 Å². The van der Waals surface area contributed by atoms with Gasteiger partial charge in [0.15, 0.2) is 0 Å². The summed E-state index contributed by atoms with van der Waals surface area (Å²) in [5, 5.41) is 9.57. The van der Waals surface area contributed by atoms with E-state index in [4.69, 9.17) is 0 Å². The van der Waals surface area contributed by atoms with Crippen molar-refractivity contribution < 1.29 is 59.2 Å². The summed E-state index contributed by atoms with van der Waals surface area (Å²) in [6.07, 6.45) is -23.5. The predicted molar refractivity (Wildman–Crippen MR) is 75.8 cm³/mol. The van der Waals surface area contributed by atoms with Crippen molar-refractivity contribution >= 4 is 11.5 Å². The topological polar surface area (TPSA) is 65.0 Å². The number of halogens is 8. The molecule has 5 nitrogen and oxygen atoms in total. The molecule has 0 amide bonds. The molecule has 0 aromatic heterocycles. The number of carbonyl (C=O) groups is 1. The number of alkyl halides is 8. The molecule has 1 N–H and O–H groups in total. The number of benzene rings is 1. The summed E-state index contributed by atoms with van der Waals surface area (Å²) in [5.41, 5.74) is 0.533. The number of ether oxygens (including phenoxy) is 3. The summed E-state index contributed by atoms with van der Waals surface area (Å²) in [6.45, 7) is 1.64. The van der Waals surface area contributed by atoms with E-state index in [0.29, 0.717) is 5.56 Å². The molecule has 1 aromatic rings. The molecule has 0 saturated carbocycles. The smallest absolute Gasteiger partial charge is 0.495 e. The number of carbonyl (C=O) groups excluding carboxylic acids is 1. The van der Waals surface area contributed by atoms with Gasteiger partial charge in [-0.25, -0.2) is 9.47 Å². The quantitative estimate of drug-likeness (QED) is 0.274. The molecule has 0 fully saturated rings. The van der Waals surface area contributed by atoms with Crippen molar-refractivity contribution in [2.24, 2.45) is 0 Å². The maximum absolute atomic E-state index is 13.5. The molecule has 0 saturated heterocycles. The number of hydrogen-bond donors (Lipinski definition) is 1. The largest absolute Gasteiger partial charge is 0.507 e. The van der Waals surface area contributed by atoms with Gasteiger partial charge in [0.05, 0.1) is 0 Å². The third-order valence-electron chi connectivity index (χ3n) is 2.99. The Morgan fingerprint density at radius 2 is 1.43 bits per heavy atom. The molecule has 0 bridgehead atoms. The maximum atomic E-state index is 13.5. The second-order valence-electron chi connectivity index (χ2n) is 5.18. The van der Waals surface area contributed by atoms with E-state index in [0.717, 1.165) is 0 Å². The first-order valence-corrected chi connectivity index (χ1v) is 7.02. The van der Waals surface area contributed by atoms with E-state index in [1.54, 1.807) is 6.92 Å². The molecule has 0 spiro atoms. The molecule has 0 atom stereocenters. The average molecular weight is 424 g/mol. The number of rotatable bonds is 9. The van der Waals surface area contributed by atoms with Crippen LogP contribution in [-0.4, -0.2) is 42.6 Å². The van der Waals surface area contributed by atoms with Gasteiger partial charge in [-0.05, 0) is 6.92 Å². The first-order chi connectivity index (χ1) is 12.5. The first-order valence-electron chi connectivity index (χ1n) is 7.02. The lowest BCUT2D eigenvalue weighted by Crippen LogP contribution is -2.51. The van der Waals surface area contributed by atoms with Crippen LogP contribution in [0, 0.1) is 6.92 Å². The van der Waals surface area contributed by atoms with Crippen LogP contribution < -0.4 is 0 Å². The summed E-state index contributed by atoms with van der Waals surface area (Å²) in [6, 6.07) is 5.22. The van der Waals surface area contributed by atoms with Crippen LogP contribution in [0.15, 0.2) is 30.3 Å². The predicted octanol–water partition coefficient (Wildman–Crippen LogP) is 4.47. The van der Waals surface area contributed by atoms with Crippen molar-refractivity contribution in [1.82, 2.24) is 0 Å². The van der Waals surface area contributed by atoms with E-state index in [9.17, 15) is 45.0 Å². The molecule has 0 radical (unpaired) electrons. The molecule has 13 heteroatoms. The summed E-state index contributed by atoms with van der Waals surface area (Å²) in [7, 11) is 0.00699. The second kappa shape index (κ2) is 8.01. The fraction of sp³-hybridized carbons (Fsp3) is 0.400. The van der Waals surface area contributed by atoms with Crippen LogP contribution in [-0.2, 0) is 19.0 Å². The van der Waals surface area contributed by atoms with Gasteiger partial charge in [0.25, 0.3) is 5.78 Å². The minimum Gasteiger partial charge on any atom is -0.507 e. The lowest BCUT2D eigenvalue weighted by molar-refractivity contribution is -0.545. The number of methoxy groups -OCH3 is 1. The number of ketones is 1. The van der Waals surface area contributed by atoms with Crippen molar-refractivity contribution in [2.45, 2.75) is 31.5 Å². The Labute approximate surface area is 152 Å². The minimum atomic E-state index is -6.09. The van der Waals surface area contributed by atoms with Crippen LogP contribution >= 0.6 is 0 Å². The van der Waals surface area contributed by atoms with Gasteiger partial charge in [0, 0.05) is 18.7 Å². The summed E-state index contributed by atoms with van der Waals surface area (Å²) in [4.78, 5) is 11.4. The van der Waals surface area contributed by atoms with Crippen molar-refractivity contribution in [2.75, 3.05) is 7.11 Å². The summed E-state index contributed by atoms with van der Waals surface area (Å²) < 4.78 is 112. The Balaban J connectivity index is 2.97. The van der Waals surface area contributed by atoms with Crippen molar-refractivity contribution in [3.05, 3.63) is 41.5 Å². The zero-order valence-corrected chi connectivity index (χ0v) is 14.0. The van der Waals surface area contributed by atoms with Gasteiger partial charge >= 0.3 is 24.6 Å².